The number of hydrogen-bond acceptors (Lipinski definition) is 5. The van der Waals surface area contributed by atoms with Crippen LogP contribution in [-0.2, 0) is 0 Å². The van der Waals surface area contributed by atoms with Gasteiger partial charge in [-0.1, -0.05) is 18.5 Å². The molecule has 0 radical (unpaired) electrons. The van der Waals surface area contributed by atoms with Crippen LogP contribution in [0, 0.1) is 0 Å². The molecule has 0 spiro atoms. The summed E-state index contributed by atoms with van der Waals surface area (Å²) in [7, 11) is 2.99. The summed E-state index contributed by atoms with van der Waals surface area (Å²) in [5, 5.41) is 3.16. The predicted octanol–water partition coefficient (Wildman–Crippen LogP) is 3.98. The molecule has 6 nitrogen and oxygen atoms in total. The molecule has 0 aliphatic carbocycles. The molecule has 0 fully saturated rings. The minimum atomic E-state index is -0.337. The number of carbonyl (C=O) groups excluding carboxylic acids is 1. The number of anilines is 2. The number of halogens is 1. The van der Waals surface area contributed by atoms with Crippen LogP contribution in [-0.4, -0.2) is 26.7 Å². The van der Waals surface area contributed by atoms with Crippen LogP contribution >= 0.6 is 11.6 Å². The maximum Gasteiger partial charge on any atom is 0.255 e. The molecule has 0 bridgehead atoms. The third kappa shape index (κ3) is 4.48. The Morgan fingerprint density at radius 1 is 1.12 bits per heavy atom. The van der Waals surface area contributed by atoms with E-state index < -0.39 is 0 Å². The molecule has 0 saturated heterocycles. The van der Waals surface area contributed by atoms with E-state index in [1.54, 1.807) is 30.3 Å². The molecule has 1 amide bonds. The lowest BCUT2D eigenvalue weighted by Crippen LogP contribution is -2.13. The first-order valence-corrected chi connectivity index (χ1v) is 8.13. The minimum Gasteiger partial charge on any atom is -0.495 e. The van der Waals surface area contributed by atoms with Gasteiger partial charge in [-0.05, 0) is 24.6 Å². The number of benzene rings is 2. The van der Waals surface area contributed by atoms with Crippen molar-refractivity contribution in [2.24, 2.45) is 0 Å². The van der Waals surface area contributed by atoms with Crippen molar-refractivity contribution in [2.45, 2.75) is 13.3 Å². The summed E-state index contributed by atoms with van der Waals surface area (Å²) in [6.07, 6.45) is 0.875. The minimum absolute atomic E-state index is 0.337. The zero-order valence-electron chi connectivity index (χ0n) is 14.4. The second kappa shape index (κ2) is 8.48. The molecule has 0 saturated carbocycles. The zero-order chi connectivity index (χ0) is 18.4. The van der Waals surface area contributed by atoms with Crippen molar-refractivity contribution in [1.82, 2.24) is 0 Å². The van der Waals surface area contributed by atoms with Gasteiger partial charge in [-0.2, -0.15) is 0 Å². The van der Waals surface area contributed by atoms with Crippen molar-refractivity contribution < 1.29 is 19.0 Å². The van der Waals surface area contributed by atoms with E-state index in [9.17, 15) is 4.79 Å². The van der Waals surface area contributed by atoms with E-state index in [1.165, 1.54) is 14.2 Å². The van der Waals surface area contributed by atoms with Crippen molar-refractivity contribution >= 4 is 28.9 Å². The van der Waals surface area contributed by atoms with Gasteiger partial charge in [0.1, 0.15) is 17.2 Å². The van der Waals surface area contributed by atoms with Crippen molar-refractivity contribution in [3.8, 4) is 17.2 Å². The van der Waals surface area contributed by atoms with Gasteiger partial charge >= 0.3 is 0 Å². The van der Waals surface area contributed by atoms with Gasteiger partial charge in [0, 0.05) is 17.7 Å². The number of amides is 1. The standard InChI is InChI=1S/C18H21ClN2O4/c1-4-7-25-15-6-5-11(8-13(15)20)18(22)21-14-10-16(23-2)12(19)9-17(14)24-3/h5-6,8-10H,4,7,20H2,1-3H3,(H,21,22). The SMILES string of the molecule is CCCOc1ccc(C(=O)Nc2cc(OC)c(Cl)cc2OC)cc1N. The largest absolute Gasteiger partial charge is 0.495 e. The van der Waals surface area contributed by atoms with Crippen molar-refractivity contribution in [3.63, 3.8) is 0 Å². The smallest absolute Gasteiger partial charge is 0.255 e. The van der Waals surface area contributed by atoms with Gasteiger partial charge in [-0.25, -0.2) is 0 Å². The molecule has 7 heteroatoms. The first-order valence-electron chi connectivity index (χ1n) is 7.75. The second-order valence-electron chi connectivity index (χ2n) is 5.24. The molecule has 2 rings (SSSR count). The number of ether oxygens (including phenoxy) is 3. The number of hydrogen-bond donors (Lipinski definition) is 2. The Morgan fingerprint density at radius 3 is 2.44 bits per heavy atom. The average molecular weight is 365 g/mol. The zero-order valence-corrected chi connectivity index (χ0v) is 15.1. The van der Waals surface area contributed by atoms with Crippen LogP contribution in [0.3, 0.4) is 0 Å². The molecule has 3 N–H and O–H groups in total. The molecule has 0 aliphatic rings. The second-order valence-corrected chi connectivity index (χ2v) is 5.65. The molecule has 0 atom stereocenters. The van der Waals surface area contributed by atoms with E-state index in [0.717, 1.165) is 6.42 Å². The molecule has 2 aromatic rings. The Bertz CT molecular complexity index is 765. The molecule has 0 heterocycles. The number of nitrogen functional groups attached to an aromatic ring is 1. The van der Waals surface area contributed by atoms with E-state index >= 15 is 0 Å². The molecular formula is C18H21ClN2O4. The maximum absolute atomic E-state index is 12.5. The van der Waals surface area contributed by atoms with Gasteiger partial charge in [0.25, 0.3) is 5.91 Å². The molecule has 2 aromatic carbocycles. The van der Waals surface area contributed by atoms with E-state index in [1.807, 2.05) is 6.92 Å². The third-order valence-corrected chi connectivity index (χ3v) is 3.75. The quantitative estimate of drug-likeness (QED) is 0.726. The average Bonchev–Trinajstić information content (AvgIpc) is 2.61. The van der Waals surface area contributed by atoms with Crippen LogP contribution < -0.4 is 25.3 Å². The third-order valence-electron chi connectivity index (χ3n) is 3.46. The van der Waals surface area contributed by atoms with Crippen LogP contribution in [0.2, 0.25) is 5.02 Å². The Hall–Kier alpha value is -2.60. The summed E-state index contributed by atoms with van der Waals surface area (Å²) >= 11 is 6.07. The molecule has 25 heavy (non-hydrogen) atoms. The number of nitrogens with one attached hydrogen (secondary N) is 1. The highest BCUT2D eigenvalue weighted by Gasteiger charge is 2.15. The van der Waals surface area contributed by atoms with E-state index in [4.69, 9.17) is 31.5 Å². The van der Waals surface area contributed by atoms with Crippen LogP contribution in [0.25, 0.3) is 0 Å². The van der Waals surface area contributed by atoms with Crippen LogP contribution in [0.4, 0.5) is 11.4 Å². The highest BCUT2D eigenvalue weighted by Crippen LogP contribution is 2.36. The van der Waals surface area contributed by atoms with Gasteiger partial charge in [0.15, 0.2) is 0 Å². The Labute approximate surface area is 151 Å². The highest BCUT2D eigenvalue weighted by molar-refractivity contribution is 6.32. The van der Waals surface area contributed by atoms with Crippen LogP contribution in [0.1, 0.15) is 23.7 Å². The molecule has 0 aliphatic heterocycles. The predicted molar refractivity (Wildman–Crippen MR) is 99.1 cm³/mol. The van der Waals surface area contributed by atoms with E-state index in [2.05, 4.69) is 5.32 Å². The van der Waals surface area contributed by atoms with E-state index in [-0.39, 0.29) is 5.91 Å². The summed E-state index contributed by atoms with van der Waals surface area (Å²) in [5.41, 5.74) is 7.20. The molecular weight excluding hydrogens is 344 g/mol. The Kier molecular flexibility index (Phi) is 6.36. The van der Waals surface area contributed by atoms with Crippen molar-refractivity contribution in [2.75, 3.05) is 31.9 Å². The normalized spacial score (nSPS) is 10.2. The van der Waals surface area contributed by atoms with Gasteiger partial charge in [-0.3, -0.25) is 4.79 Å². The number of nitrogens with two attached hydrogens (primary N) is 1. The van der Waals surface area contributed by atoms with Gasteiger partial charge in [0.2, 0.25) is 0 Å². The number of rotatable bonds is 7. The fourth-order valence-corrected chi connectivity index (χ4v) is 2.42. The Morgan fingerprint density at radius 2 is 1.84 bits per heavy atom. The number of methoxy groups -OCH3 is 2. The van der Waals surface area contributed by atoms with Crippen LogP contribution in [0.5, 0.6) is 17.2 Å². The lowest BCUT2D eigenvalue weighted by molar-refractivity contribution is 0.102. The number of carbonyl (C=O) groups is 1. The summed E-state index contributed by atoms with van der Waals surface area (Å²) in [6.45, 7) is 2.57. The van der Waals surface area contributed by atoms with Crippen molar-refractivity contribution in [1.29, 1.82) is 0 Å². The fraction of sp³-hybridized carbons (Fsp3) is 0.278. The summed E-state index contributed by atoms with van der Waals surface area (Å²) < 4.78 is 15.9. The highest BCUT2D eigenvalue weighted by atomic mass is 35.5. The van der Waals surface area contributed by atoms with Crippen molar-refractivity contribution in [3.05, 3.63) is 40.9 Å². The summed E-state index contributed by atoms with van der Waals surface area (Å²) in [4.78, 5) is 12.5. The van der Waals surface area contributed by atoms with Crippen LogP contribution in [0.15, 0.2) is 30.3 Å². The Balaban J connectivity index is 2.23. The maximum atomic E-state index is 12.5. The topological polar surface area (TPSA) is 82.8 Å². The first-order chi connectivity index (χ1) is 12.0. The molecule has 134 valence electrons. The van der Waals surface area contributed by atoms with Gasteiger partial charge in [-0.15, -0.1) is 0 Å². The fourth-order valence-electron chi connectivity index (χ4n) is 2.19. The van der Waals surface area contributed by atoms with E-state index in [0.29, 0.717) is 45.8 Å². The molecule has 0 unspecified atom stereocenters. The molecule has 0 aromatic heterocycles. The van der Waals surface area contributed by atoms with Gasteiger partial charge in [0.05, 0.1) is 37.2 Å². The lowest BCUT2D eigenvalue weighted by atomic mass is 10.1. The monoisotopic (exact) mass is 364 g/mol. The summed E-state index contributed by atoms with van der Waals surface area (Å²) in [6, 6.07) is 8.07. The van der Waals surface area contributed by atoms with Gasteiger partial charge < -0.3 is 25.3 Å². The lowest BCUT2D eigenvalue weighted by Gasteiger charge is -2.14. The summed E-state index contributed by atoms with van der Waals surface area (Å²) in [5.74, 6) is 1.08. The first kappa shape index (κ1) is 18.7.